The minimum atomic E-state index is -0.449. The molecule has 0 amide bonds. The highest BCUT2D eigenvalue weighted by atomic mass is 16.7. The van der Waals surface area contributed by atoms with Gasteiger partial charge in [0, 0.05) is 18.4 Å². The maximum atomic E-state index is 5.61. The maximum Gasteiger partial charge on any atom is 0.162 e. The third-order valence-electron chi connectivity index (χ3n) is 2.93. The van der Waals surface area contributed by atoms with E-state index in [2.05, 4.69) is 23.3 Å². The number of hydrogen-bond donors (Lipinski definition) is 1. The minimum absolute atomic E-state index is 0.234. The van der Waals surface area contributed by atoms with Crippen molar-refractivity contribution >= 4 is 0 Å². The van der Waals surface area contributed by atoms with Crippen LogP contribution in [0.1, 0.15) is 32.4 Å². The van der Waals surface area contributed by atoms with Crippen LogP contribution in [0.15, 0.2) is 24.5 Å². The third-order valence-corrected chi connectivity index (χ3v) is 2.93. The SMILES string of the molecule is C[C@@H](NC1COC(C)(C)OC1)c1cccnc1. The smallest absolute Gasteiger partial charge is 0.162 e. The van der Waals surface area contributed by atoms with Gasteiger partial charge < -0.3 is 14.8 Å². The van der Waals surface area contributed by atoms with Crippen molar-refractivity contribution in [2.24, 2.45) is 0 Å². The molecular weight excluding hydrogens is 216 g/mol. The lowest BCUT2D eigenvalue weighted by atomic mass is 10.1. The topological polar surface area (TPSA) is 43.4 Å². The van der Waals surface area contributed by atoms with E-state index in [1.165, 1.54) is 5.56 Å². The van der Waals surface area contributed by atoms with Gasteiger partial charge in [-0.2, -0.15) is 0 Å². The predicted molar refractivity (Wildman–Crippen MR) is 65.6 cm³/mol. The van der Waals surface area contributed by atoms with Gasteiger partial charge in [0.25, 0.3) is 0 Å². The van der Waals surface area contributed by atoms with E-state index >= 15 is 0 Å². The van der Waals surface area contributed by atoms with Crippen LogP contribution < -0.4 is 5.32 Å². The lowest BCUT2D eigenvalue weighted by Gasteiger charge is -2.36. The first-order valence-electron chi connectivity index (χ1n) is 6.01. The van der Waals surface area contributed by atoms with Crippen LogP contribution in [0, 0.1) is 0 Å². The Morgan fingerprint density at radius 2 is 2.12 bits per heavy atom. The van der Waals surface area contributed by atoms with E-state index in [1.807, 2.05) is 26.1 Å². The highest BCUT2D eigenvalue weighted by Crippen LogP contribution is 2.19. The van der Waals surface area contributed by atoms with Crippen LogP contribution in [-0.2, 0) is 9.47 Å². The standard InChI is InChI=1S/C13H20N2O2/c1-10(11-5-4-6-14-7-11)15-12-8-16-13(2,3)17-9-12/h4-7,10,12,15H,8-9H2,1-3H3/t10-/m1/s1. The molecule has 0 unspecified atom stereocenters. The van der Waals surface area contributed by atoms with E-state index < -0.39 is 5.79 Å². The number of pyridine rings is 1. The van der Waals surface area contributed by atoms with Crippen LogP contribution in [0.5, 0.6) is 0 Å². The van der Waals surface area contributed by atoms with Gasteiger partial charge >= 0.3 is 0 Å². The van der Waals surface area contributed by atoms with Crippen molar-refractivity contribution < 1.29 is 9.47 Å². The monoisotopic (exact) mass is 236 g/mol. The normalized spacial score (nSPS) is 22.3. The summed E-state index contributed by atoms with van der Waals surface area (Å²) in [4.78, 5) is 4.12. The summed E-state index contributed by atoms with van der Waals surface area (Å²) in [6.45, 7) is 7.35. The van der Waals surface area contributed by atoms with E-state index in [4.69, 9.17) is 9.47 Å². The molecule has 17 heavy (non-hydrogen) atoms. The van der Waals surface area contributed by atoms with Crippen molar-refractivity contribution in [1.82, 2.24) is 10.3 Å². The van der Waals surface area contributed by atoms with E-state index in [0.29, 0.717) is 13.2 Å². The summed E-state index contributed by atoms with van der Waals surface area (Å²) >= 11 is 0. The van der Waals surface area contributed by atoms with E-state index in [-0.39, 0.29) is 12.1 Å². The zero-order valence-corrected chi connectivity index (χ0v) is 10.6. The maximum absolute atomic E-state index is 5.61. The lowest BCUT2D eigenvalue weighted by molar-refractivity contribution is -0.253. The molecule has 4 heteroatoms. The summed E-state index contributed by atoms with van der Waals surface area (Å²) in [5, 5.41) is 3.48. The first-order valence-corrected chi connectivity index (χ1v) is 6.01. The quantitative estimate of drug-likeness (QED) is 0.870. The number of rotatable bonds is 3. The molecule has 0 saturated carbocycles. The molecule has 0 radical (unpaired) electrons. The Hall–Kier alpha value is -0.970. The summed E-state index contributed by atoms with van der Waals surface area (Å²) in [6.07, 6.45) is 3.66. The third kappa shape index (κ3) is 3.49. The first kappa shape index (κ1) is 12.5. The molecular formula is C13H20N2O2. The molecule has 0 aliphatic carbocycles. The molecule has 4 nitrogen and oxygen atoms in total. The van der Waals surface area contributed by atoms with Crippen LogP contribution >= 0.6 is 0 Å². The second-order valence-electron chi connectivity index (χ2n) is 4.89. The van der Waals surface area contributed by atoms with E-state index in [0.717, 1.165) is 0 Å². The fraction of sp³-hybridized carbons (Fsp3) is 0.615. The van der Waals surface area contributed by atoms with Crippen molar-refractivity contribution in [2.45, 2.75) is 38.6 Å². The van der Waals surface area contributed by atoms with Gasteiger partial charge in [0.2, 0.25) is 0 Å². The molecule has 0 aromatic carbocycles. The van der Waals surface area contributed by atoms with Crippen molar-refractivity contribution in [1.29, 1.82) is 0 Å². The lowest BCUT2D eigenvalue weighted by Crippen LogP contribution is -2.49. The Kier molecular flexibility index (Phi) is 3.76. The Morgan fingerprint density at radius 3 is 2.71 bits per heavy atom. The summed E-state index contributed by atoms with van der Waals surface area (Å²) in [6, 6.07) is 4.50. The van der Waals surface area contributed by atoms with Gasteiger partial charge in [-0.15, -0.1) is 0 Å². The molecule has 1 atom stereocenters. The van der Waals surface area contributed by atoms with Gasteiger partial charge in [-0.1, -0.05) is 6.07 Å². The van der Waals surface area contributed by atoms with Gasteiger partial charge in [0.1, 0.15) is 0 Å². The first-order chi connectivity index (χ1) is 8.07. The van der Waals surface area contributed by atoms with Crippen molar-refractivity contribution in [3.8, 4) is 0 Å². The number of hydrogen-bond acceptors (Lipinski definition) is 4. The van der Waals surface area contributed by atoms with Crippen LogP contribution in [0.25, 0.3) is 0 Å². The Balaban J connectivity index is 1.86. The fourth-order valence-corrected chi connectivity index (χ4v) is 1.87. The van der Waals surface area contributed by atoms with Crippen molar-refractivity contribution in [3.63, 3.8) is 0 Å². The zero-order chi connectivity index (χ0) is 12.3. The zero-order valence-electron chi connectivity index (χ0n) is 10.6. The molecule has 1 saturated heterocycles. The van der Waals surface area contributed by atoms with E-state index in [9.17, 15) is 0 Å². The molecule has 1 aromatic heterocycles. The second-order valence-corrected chi connectivity index (χ2v) is 4.89. The summed E-state index contributed by atoms with van der Waals surface area (Å²) < 4.78 is 11.2. The Bertz CT molecular complexity index is 344. The minimum Gasteiger partial charge on any atom is -0.349 e. The van der Waals surface area contributed by atoms with Crippen LogP contribution in [-0.4, -0.2) is 30.0 Å². The average molecular weight is 236 g/mol. The molecule has 2 rings (SSSR count). The summed E-state index contributed by atoms with van der Waals surface area (Å²) in [7, 11) is 0. The molecule has 1 aliphatic rings. The van der Waals surface area contributed by atoms with Crippen LogP contribution in [0.4, 0.5) is 0 Å². The highest BCUT2D eigenvalue weighted by molar-refractivity contribution is 5.13. The van der Waals surface area contributed by atoms with Crippen molar-refractivity contribution in [2.75, 3.05) is 13.2 Å². The molecule has 1 fully saturated rings. The molecule has 94 valence electrons. The molecule has 1 aromatic rings. The highest BCUT2D eigenvalue weighted by Gasteiger charge is 2.28. The van der Waals surface area contributed by atoms with Crippen molar-refractivity contribution in [3.05, 3.63) is 30.1 Å². The van der Waals surface area contributed by atoms with Crippen LogP contribution in [0.2, 0.25) is 0 Å². The Labute approximate surface area is 102 Å². The van der Waals surface area contributed by atoms with Gasteiger partial charge in [0.15, 0.2) is 5.79 Å². The van der Waals surface area contributed by atoms with Gasteiger partial charge in [-0.05, 0) is 32.4 Å². The summed E-state index contributed by atoms with van der Waals surface area (Å²) in [5.41, 5.74) is 1.18. The van der Waals surface area contributed by atoms with Gasteiger partial charge in [-0.3, -0.25) is 4.98 Å². The largest absolute Gasteiger partial charge is 0.349 e. The molecule has 0 spiro atoms. The molecule has 0 bridgehead atoms. The molecule has 1 aliphatic heterocycles. The second kappa shape index (κ2) is 5.12. The Morgan fingerprint density at radius 1 is 1.41 bits per heavy atom. The predicted octanol–water partition coefficient (Wildman–Crippen LogP) is 1.88. The number of aromatic nitrogens is 1. The van der Waals surface area contributed by atoms with Gasteiger partial charge in [0.05, 0.1) is 19.3 Å². The van der Waals surface area contributed by atoms with Gasteiger partial charge in [-0.25, -0.2) is 0 Å². The number of nitrogens with one attached hydrogen (secondary N) is 1. The van der Waals surface area contributed by atoms with E-state index in [1.54, 1.807) is 6.20 Å². The molecule has 2 heterocycles. The summed E-state index contributed by atoms with van der Waals surface area (Å²) in [5.74, 6) is -0.449. The van der Waals surface area contributed by atoms with Crippen LogP contribution in [0.3, 0.4) is 0 Å². The average Bonchev–Trinajstić information content (AvgIpc) is 2.33. The number of nitrogens with zero attached hydrogens (tertiary/aromatic N) is 1. The number of ether oxygens (including phenoxy) is 2. The molecule has 1 N–H and O–H groups in total. The fourth-order valence-electron chi connectivity index (χ4n) is 1.87.